The number of fused-ring (bicyclic) bond motifs is 1. The van der Waals surface area contributed by atoms with Crippen LogP contribution in [0.1, 0.15) is 28.2 Å². The van der Waals surface area contributed by atoms with Crippen LogP contribution < -0.4 is 0 Å². The Bertz CT molecular complexity index is 969. The molecule has 3 aromatic rings. The lowest BCUT2D eigenvalue weighted by Crippen LogP contribution is -2.42. The van der Waals surface area contributed by atoms with E-state index >= 15 is 0 Å². The summed E-state index contributed by atoms with van der Waals surface area (Å²) < 4.78 is 19.6. The van der Waals surface area contributed by atoms with Gasteiger partial charge in [-0.15, -0.1) is 11.3 Å². The van der Waals surface area contributed by atoms with E-state index in [1.807, 2.05) is 24.3 Å². The Morgan fingerprint density at radius 1 is 1.18 bits per heavy atom. The number of rotatable bonds is 4. The minimum Gasteiger partial charge on any atom is -0.458 e. The molecule has 28 heavy (non-hydrogen) atoms. The first kappa shape index (κ1) is 18.6. The number of halogens is 1. The summed E-state index contributed by atoms with van der Waals surface area (Å²) >= 11 is 1.51. The Hall–Kier alpha value is -2.80. The summed E-state index contributed by atoms with van der Waals surface area (Å²) in [7, 11) is 0. The summed E-state index contributed by atoms with van der Waals surface area (Å²) in [6.07, 6.45) is 1.42. The number of hydrogen-bond donors (Lipinski definition) is 0. The highest BCUT2D eigenvalue weighted by Crippen LogP contribution is 2.24. The van der Waals surface area contributed by atoms with Crippen molar-refractivity contribution >= 4 is 33.4 Å². The zero-order valence-electron chi connectivity index (χ0n) is 15.1. The zero-order valence-corrected chi connectivity index (χ0v) is 16.0. The van der Waals surface area contributed by atoms with Crippen molar-refractivity contribution in [2.75, 3.05) is 13.1 Å². The molecular formula is C21H19FN2O3S. The molecule has 4 rings (SSSR count). The molecule has 1 aromatic heterocycles. The summed E-state index contributed by atoms with van der Waals surface area (Å²) in [6, 6.07) is 13.2. The first-order chi connectivity index (χ1) is 13.6. The van der Waals surface area contributed by atoms with Crippen LogP contribution in [0.15, 0.2) is 48.5 Å². The first-order valence-corrected chi connectivity index (χ1v) is 9.98. The second-order valence-corrected chi connectivity index (χ2v) is 7.90. The average molecular weight is 398 g/mol. The quantitative estimate of drug-likeness (QED) is 0.623. The number of esters is 1. The molecule has 5 nitrogen and oxygen atoms in total. The van der Waals surface area contributed by atoms with E-state index in [0.717, 1.165) is 21.6 Å². The van der Waals surface area contributed by atoms with Gasteiger partial charge in [0, 0.05) is 18.7 Å². The molecule has 0 spiro atoms. The molecule has 2 heterocycles. The third-order valence-electron chi connectivity index (χ3n) is 4.81. The number of piperidine rings is 1. The third-order valence-corrected chi connectivity index (χ3v) is 5.82. The molecule has 1 fully saturated rings. The Morgan fingerprint density at radius 2 is 1.96 bits per heavy atom. The molecule has 2 aromatic carbocycles. The molecule has 1 aliphatic heterocycles. The number of benzene rings is 2. The van der Waals surface area contributed by atoms with Crippen LogP contribution in [0.2, 0.25) is 0 Å². The van der Waals surface area contributed by atoms with Gasteiger partial charge < -0.3 is 9.64 Å². The highest BCUT2D eigenvalue weighted by Gasteiger charge is 2.30. The highest BCUT2D eigenvalue weighted by atomic mass is 32.1. The molecule has 1 amide bonds. The van der Waals surface area contributed by atoms with Gasteiger partial charge in [0.25, 0.3) is 5.91 Å². The number of aromatic nitrogens is 1. The van der Waals surface area contributed by atoms with Gasteiger partial charge in [-0.05, 0) is 49.2 Å². The van der Waals surface area contributed by atoms with Crippen LogP contribution in [0, 0.1) is 11.7 Å². The number of carbonyl (C=O) groups is 2. The monoisotopic (exact) mass is 398 g/mol. The van der Waals surface area contributed by atoms with E-state index in [0.29, 0.717) is 25.1 Å². The van der Waals surface area contributed by atoms with E-state index in [9.17, 15) is 14.0 Å². The first-order valence-electron chi connectivity index (χ1n) is 9.16. The molecule has 0 unspecified atom stereocenters. The smallest absolute Gasteiger partial charge is 0.311 e. The van der Waals surface area contributed by atoms with Crippen LogP contribution in [0.4, 0.5) is 4.39 Å². The van der Waals surface area contributed by atoms with Gasteiger partial charge in [0.1, 0.15) is 17.4 Å². The molecular weight excluding hydrogens is 379 g/mol. The number of ether oxygens (including phenoxy) is 1. The Morgan fingerprint density at radius 3 is 2.75 bits per heavy atom. The standard InChI is InChI=1S/C21H19FN2O3S/c22-16-9-7-14(8-10-16)20(25)24-11-3-4-15(12-24)21(26)27-13-19-23-17-5-1-2-6-18(17)28-19/h1-2,5-10,15H,3-4,11-13H2/t15-/m1/s1. The highest BCUT2D eigenvalue weighted by molar-refractivity contribution is 7.18. The van der Waals surface area contributed by atoms with Gasteiger partial charge in [-0.2, -0.15) is 0 Å². The summed E-state index contributed by atoms with van der Waals surface area (Å²) in [6.45, 7) is 1.04. The lowest BCUT2D eigenvalue weighted by atomic mass is 9.97. The molecule has 144 valence electrons. The van der Waals surface area contributed by atoms with Gasteiger partial charge in [-0.3, -0.25) is 9.59 Å². The summed E-state index contributed by atoms with van der Waals surface area (Å²) in [4.78, 5) is 31.2. The lowest BCUT2D eigenvalue weighted by molar-refractivity contribution is -0.151. The van der Waals surface area contributed by atoms with Gasteiger partial charge in [0.05, 0.1) is 16.1 Å². The van der Waals surface area contributed by atoms with Crippen LogP contribution in [0.3, 0.4) is 0 Å². The summed E-state index contributed by atoms with van der Waals surface area (Å²) in [5.41, 5.74) is 1.32. The fraction of sp³-hybridized carbons (Fsp3) is 0.286. The van der Waals surface area contributed by atoms with E-state index in [2.05, 4.69) is 4.98 Å². The van der Waals surface area contributed by atoms with Crippen molar-refractivity contribution in [1.29, 1.82) is 0 Å². The fourth-order valence-electron chi connectivity index (χ4n) is 3.36. The Labute approximate surface area is 165 Å². The van der Waals surface area contributed by atoms with Crippen LogP contribution in [0.5, 0.6) is 0 Å². The van der Waals surface area contributed by atoms with Crippen LogP contribution in [-0.2, 0) is 16.1 Å². The van der Waals surface area contributed by atoms with E-state index in [1.54, 1.807) is 4.90 Å². The number of amides is 1. The van der Waals surface area contributed by atoms with Gasteiger partial charge in [-0.1, -0.05) is 12.1 Å². The van der Waals surface area contributed by atoms with Crippen molar-refractivity contribution < 1.29 is 18.7 Å². The molecule has 7 heteroatoms. The zero-order chi connectivity index (χ0) is 19.5. The van der Waals surface area contributed by atoms with Crippen LogP contribution in [0.25, 0.3) is 10.2 Å². The molecule has 0 saturated carbocycles. The van der Waals surface area contributed by atoms with Gasteiger partial charge in [0.15, 0.2) is 0 Å². The van der Waals surface area contributed by atoms with E-state index in [4.69, 9.17) is 4.74 Å². The van der Waals surface area contributed by atoms with E-state index in [-0.39, 0.29) is 30.2 Å². The van der Waals surface area contributed by atoms with Crippen molar-refractivity contribution in [3.8, 4) is 0 Å². The van der Waals surface area contributed by atoms with Crippen molar-refractivity contribution in [1.82, 2.24) is 9.88 Å². The number of para-hydroxylation sites is 1. The number of likely N-dealkylation sites (tertiary alicyclic amines) is 1. The number of carbonyl (C=O) groups excluding carboxylic acids is 2. The van der Waals surface area contributed by atoms with Crippen LogP contribution in [-0.4, -0.2) is 34.8 Å². The Kier molecular flexibility index (Phi) is 5.34. The van der Waals surface area contributed by atoms with E-state index in [1.165, 1.54) is 35.6 Å². The van der Waals surface area contributed by atoms with E-state index < -0.39 is 0 Å². The maximum Gasteiger partial charge on any atom is 0.311 e. The summed E-state index contributed by atoms with van der Waals surface area (Å²) in [5, 5.41) is 0.754. The number of hydrogen-bond acceptors (Lipinski definition) is 5. The minimum absolute atomic E-state index is 0.139. The predicted octanol–water partition coefficient (Wildman–Crippen LogP) is 4.03. The van der Waals surface area contributed by atoms with Crippen molar-refractivity contribution in [2.45, 2.75) is 19.4 Å². The fourth-order valence-corrected chi connectivity index (χ4v) is 4.24. The third kappa shape index (κ3) is 4.04. The molecule has 0 N–H and O–H groups in total. The number of thiazole rings is 1. The molecule has 0 aliphatic carbocycles. The molecule has 1 atom stereocenters. The maximum absolute atomic E-state index is 13.1. The lowest BCUT2D eigenvalue weighted by Gasteiger charge is -2.31. The maximum atomic E-state index is 13.1. The minimum atomic E-state index is -0.383. The van der Waals surface area contributed by atoms with Gasteiger partial charge >= 0.3 is 5.97 Å². The second-order valence-electron chi connectivity index (χ2n) is 6.78. The van der Waals surface area contributed by atoms with Gasteiger partial charge in [0.2, 0.25) is 0 Å². The topological polar surface area (TPSA) is 59.5 Å². The van der Waals surface area contributed by atoms with Crippen LogP contribution >= 0.6 is 11.3 Å². The number of nitrogens with zero attached hydrogens (tertiary/aromatic N) is 2. The van der Waals surface area contributed by atoms with Crippen molar-refractivity contribution in [3.05, 3.63) is 64.9 Å². The predicted molar refractivity (Wildman–Crippen MR) is 104 cm³/mol. The Balaban J connectivity index is 1.36. The molecule has 1 aliphatic rings. The average Bonchev–Trinajstić information content (AvgIpc) is 3.15. The molecule has 0 bridgehead atoms. The molecule has 0 radical (unpaired) electrons. The second kappa shape index (κ2) is 8.06. The molecule has 1 saturated heterocycles. The van der Waals surface area contributed by atoms with Gasteiger partial charge in [-0.25, -0.2) is 9.37 Å². The normalized spacial score (nSPS) is 16.9. The van der Waals surface area contributed by atoms with Crippen molar-refractivity contribution in [3.63, 3.8) is 0 Å². The summed E-state index contributed by atoms with van der Waals surface area (Å²) in [5.74, 6) is -1.24. The van der Waals surface area contributed by atoms with Crippen molar-refractivity contribution in [2.24, 2.45) is 5.92 Å². The SMILES string of the molecule is O=C(OCc1nc2ccccc2s1)[C@@H]1CCCN(C(=O)c2ccc(F)cc2)C1. The largest absolute Gasteiger partial charge is 0.458 e.